The predicted octanol–water partition coefficient (Wildman–Crippen LogP) is 2.80. The van der Waals surface area contributed by atoms with Crippen molar-refractivity contribution in [2.75, 3.05) is 0 Å². The van der Waals surface area contributed by atoms with Crippen LogP contribution in [0.25, 0.3) is 11.4 Å². The largest absolute Gasteiger partial charge is 0.351 e. The second-order valence-electron chi connectivity index (χ2n) is 6.09. The van der Waals surface area contributed by atoms with Crippen LogP contribution in [0.4, 0.5) is 0 Å². The van der Waals surface area contributed by atoms with Crippen LogP contribution in [0.5, 0.6) is 0 Å². The molecule has 6 nitrogen and oxygen atoms in total. The molecular weight excluding hydrogens is 358 g/mol. The summed E-state index contributed by atoms with van der Waals surface area (Å²) in [6.45, 7) is 2.30. The minimum Gasteiger partial charge on any atom is -0.351 e. The molecule has 2 aromatic rings. The summed E-state index contributed by atoms with van der Waals surface area (Å²) < 4.78 is 0.995. The molecule has 0 aliphatic heterocycles. The third-order valence-corrected chi connectivity index (χ3v) is 4.83. The summed E-state index contributed by atoms with van der Waals surface area (Å²) in [7, 11) is 0. The lowest BCUT2D eigenvalue weighted by Gasteiger charge is -2.29. The maximum atomic E-state index is 12.2. The molecule has 1 amide bonds. The van der Waals surface area contributed by atoms with Crippen molar-refractivity contribution in [1.29, 1.82) is 0 Å². The first kappa shape index (κ1) is 16.1. The van der Waals surface area contributed by atoms with E-state index < -0.39 is 0 Å². The summed E-state index contributed by atoms with van der Waals surface area (Å²) in [5.41, 5.74) is 0.876. The fourth-order valence-electron chi connectivity index (χ4n) is 2.94. The van der Waals surface area contributed by atoms with Crippen LogP contribution in [-0.2, 0) is 11.3 Å². The molecule has 3 rings (SSSR count). The highest BCUT2D eigenvalue weighted by molar-refractivity contribution is 9.10. The van der Waals surface area contributed by atoms with Gasteiger partial charge in [0.05, 0.1) is 0 Å². The van der Waals surface area contributed by atoms with Gasteiger partial charge < -0.3 is 5.32 Å². The first-order chi connectivity index (χ1) is 11.1. The zero-order chi connectivity index (χ0) is 16.2. The zero-order valence-corrected chi connectivity index (χ0v) is 14.7. The van der Waals surface area contributed by atoms with Crippen LogP contribution in [0.15, 0.2) is 28.7 Å². The Labute approximate surface area is 143 Å². The fourth-order valence-corrected chi connectivity index (χ4v) is 3.20. The summed E-state index contributed by atoms with van der Waals surface area (Å²) in [6, 6.07) is 7.94. The van der Waals surface area contributed by atoms with Crippen LogP contribution < -0.4 is 5.32 Å². The van der Waals surface area contributed by atoms with E-state index in [1.807, 2.05) is 24.3 Å². The van der Waals surface area contributed by atoms with Gasteiger partial charge in [-0.05, 0) is 48.2 Å². The Balaban J connectivity index is 1.60. The smallest absolute Gasteiger partial charge is 0.243 e. The third kappa shape index (κ3) is 4.16. The average molecular weight is 378 g/mol. The van der Waals surface area contributed by atoms with Gasteiger partial charge in [0, 0.05) is 16.1 Å². The van der Waals surface area contributed by atoms with Gasteiger partial charge in [-0.15, -0.1) is 10.2 Å². The Morgan fingerprint density at radius 3 is 2.78 bits per heavy atom. The number of aromatic nitrogens is 4. The number of amides is 1. The first-order valence-electron chi connectivity index (χ1n) is 7.95. The number of nitrogens with zero attached hydrogens (tertiary/aromatic N) is 4. The molecule has 1 N–H and O–H groups in total. The quantitative estimate of drug-likeness (QED) is 0.888. The number of carbonyl (C=O) groups excluding carboxylic acids is 1. The van der Waals surface area contributed by atoms with Crippen LogP contribution in [0.2, 0.25) is 0 Å². The molecular formula is C16H20BrN5O. The highest BCUT2D eigenvalue weighted by Crippen LogP contribution is 2.23. The summed E-state index contributed by atoms with van der Waals surface area (Å²) in [6.07, 6.45) is 4.68. The standard InChI is InChI=1S/C16H20BrN5O/c1-11-4-2-3-5-14(11)18-15(23)10-22-20-16(19-21-22)12-6-8-13(17)9-7-12/h6-9,11,14H,2-5,10H2,1H3,(H,18,23)/t11-,14-/m1/s1. The van der Waals surface area contributed by atoms with Gasteiger partial charge in [0.2, 0.25) is 11.7 Å². The number of hydrogen-bond acceptors (Lipinski definition) is 4. The Hall–Kier alpha value is -1.76. The second-order valence-corrected chi connectivity index (χ2v) is 7.00. The van der Waals surface area contributed by atoms with Crippen LogP contribution in [0.1, 0.15) is 32.6 Å². The van der Waals surface area contributed by atoms with Gasteiger partial charge in [-0.1, -0.05) is 35.7 Å². The molecule has 0 saturated heterocycles. The van der Waals surface area contributed by atoms with E-state index >= 15 is 0 Å². The molecule has 23 heavy (non-hydrogen) atoms. The first-order valence-corrected chi connectivity index (χ1v) is 8.74. The number of benzene rings is 1. The Bertz CT molecular complexity index is 669. The van der Waals surface area contributed by atoms with Crippen LogP contribution in [0.3, 0.4) is 0 Å². The second kappa shape index (κ2) is 7.21. The van der Waals surface area contributed by atoms with Gasteiger partial charge in [-0.2, -0.15) is 4.80 Å². The van der Waals surface area contributed by atoms with E-state index in [9.17, 15) is 4.79 Å². The van der Waals surface area contributed by atoms with E-state index in [0.29, 0.717) is 11.7 Å². The number of carbonyl (C=O) groups is 1. The lowest BCUT2D eigenvalue weighted by molar-refractivity contribution is -0.123. The molecule has 122 valence electrons. The number of hydrogen-bond donors (Lipinski definition) is 1. The summed E-state index contributed by atoms with van der Waals surface area (Å²) in [4.78, 5) is 13.5. The highest BCUT2D eigenvalue weighted by Gasteiger charge is 2.23. The molecule has 1 aliphatic carbocycles. The van der Waals surface area contributed by atoms with Gasteiger partial charge >= 0.3 is 0 Å². The minimum atomic E-state index is -0.0523. The summed E-state index contributed by atoms with van der Waals surface area (Å²) in [5.74, 6) is 1.01. The lowest BCUT2D eigenvalue weighted by atomic mass is 9.86. The molecule has 1 aromatic carbocycles. The van der Waals surface area contributed by atoms with Crippen LogP contribution in [-0.4, -0.2) is 32.2 Å². The van der Waals surface area contributed by atoms with Gasteiger partial charge in [0.15, 0.2) is 0 Å². The molecule has 1 heterocycles. The summed E-state index contributed by atoms with van der Waals surface area (Å²) >= 11 is 3.39. The fraction of sp³-hybridized carbons (Fsp3) is 0.500. The molecule has 1 aliphatic rings. The van der Waals surface area contributed by atoms with Crippen molar-refractivity contribution < 1.29 is 4.79 Å². The minimum absolute atomic E-state index is 0.0523. The Morgan fingerprint density at radius 1 is 1.30 bits per heavy atom. The monoisotopic (exact) mass is 377 g/mol. The third-order valence-electron chi connectivity index (χ3n) is 4.30. The maximum Gasteiger partial charge on any atom is 0.243 e. The topological polar surface area (TPSA) is 72.7 Å². The normalized spacial score (nSPS) is 21.1. The van der Waals surface area contributed by atoms with Gasteiger partial charge in [0.1, 0.15) is 6.54 Å². The van der Waals surface area contributed by atoms with Crippen LogP contribution in [0, 0.1) is 5.92 Å². The van der Waals surface area contributed by atoms with E-state index in [-0.39, 0.29) is 18.5 Å². The van der Waals surface area contributed by atoms with Crippen molar-refractivity contribution in [3.63, 3.8) is 0 Å². The van der Waals surface area contributed by atoms with Crippen molar-refractivity contribution in [3.8, 4) is 11.4 Å². The number of tetrazole rings is 1. The number of nitrogens with one attached hydrogen (secondary N) is 1. The van der Waals surface area contributed by atoms with Gasteiger partial charge in [-0.25, -0.2) is 0 Å². The van der Waals surface area contributed by atoms with Crippen molar-refractivity contribution in [1.82, 2.24) is 25.5 Å². The number of rotatable bonds is 4. The van der Waals surface area contributed by atoms with E-state index in [1.54, 1.807) is 0 Å². The van der Waals surface area contributed by atoms with Crippen molar-refractivity contribution in [3.05, 3.63) is 28.7 Å². The molecule has 1 saturated carbocycles. The van der Waals surface area contributed by atoms with Crippen molar-refractivity contribution >= 4 is 21.8 Å². The highest BCUT2D eigenvalue weighted by atomic mass is 79.9. The SMILES string of the molecule is C[C@@H]1CCCC[C@H]1NC(=O)Cn1nnc(-c2ccc(Br)cc2)n1. The molecule has 0 bridgehead atoms. The molecule has 1 fully saturated rings. The molecule has 1 aromatic heterocycles. The molecule has 0 spiro atoms. The lowest BCUT2D eigenvalue weighted by Crippen LogP contribution is -2.42. The zero-order valence-electron chi connectivity index (χ0n) is 13.1. The molecule has 0 radical (unpaired) electrons. The molecule has 7 heteroatoms. The van der Waals surface area contributed by atoms with E-state index in [1.165, 1.54) is 24.1 Å². The van der Waals surface area contributed by atoms with Gasteiger partial charge in [-0.3, -0.25) is 4.79 Å². The summed E-state index contributed by atoms with van der Waals surface area (Å²) in [5, 5.41) is 15.4. The van der Waals surface area contributed by atoms with Crippen molar-refractivity contribution in [2.45, 2.75) is 45.2 Å². The predicted molar refractivity (Wildman–Crippen MR) is 90.5 cm³/mol. The van der Waals surface area contributed by atoms with E-state index in [2.05, 4.69) is 43.6 Å². The molecule has 0 unspecified atom stereocenters. The van der Waals surface area contributed by atoms with E-state index in [0.717, 1.165) is 16.5 Å². The maximum absolute atomic E-state index is 12.2. The van der Waals surface area contributed by atoms with Gasteiger partial charge in [0.25, 0.3) is 0 Å². The average Bonchev–Trinajstić information content (AvgIpc) is 2.98. The Morgan fingerprint density at radius 2 is 2.04 bits per heavy atom. The van der Waals surface area contributed by atoms with Crippen LogP contribution >= 0.6 is 15.9 Å². The van der Waals surface area contributed by atoms with Crippen molar-refractivity contribution in [2.24, 2.45) is 5.92 Å². The Kier molecular flexibility index (Phi) is 5.05. The number of halogens is 1. The molecule has 2 atom stereocenters. The van der Waals surface area contributed by atoms with E-state index in [4.69, 9.17) is 0 Å².